The van der Waals surface area contributed by atoms with Crippen LogP contribution in [0.1, 0.15) is 0 Å². The first-order chi connectivity index (χ1) is 22.3. The monoisotopic (exact) mass is 592 g/mol. The molecule has 45 heavy (non-hydrogen) atoms. The van der Waals surface area contributed by atoms with Crippen molar-refractivity contribution in [1.82, 2.24) is 0 Å². The third kappa shape index (κ3) is 3.81. The highest BCUT2D eigenvalue weighted by Crippen LogP contribution is 2.40. The maximum Gasteiger partial charge on any atom is 0.136 e. The fourth-order valence-corrected chi connectivity index (χ4v) is 7.99. The van der Waals surface area contributed by atoms with E-state index in [-0.39, 0.29) is 0 Å². The second kappa shape index (κ2) is 9.43. The largest absolute Gasteiger partial charge is 0.456 e. The molecule has 0 unspecified atom stereocenters. The van der Waals surface area contributed by atoms with Gasteiger partial charge in [-0.25, -0.2) is 0 Å². The number of furan rings is 2. The SMILES string of the molecule is c1ccc2c(c1)oc1cccc(-c3ccc4c(c3)oc3cc(-c5ccc(-c6ccc7sc8ccccc8c7c6)cc5)ccc34)c12. The molecule has 10 aromatic rings. The van der Waals surface area contributed by atoms with Crippen LogP contribution in [-0.2, 0) is 0 Å². The first kappa shape index (κ1) is 24.8. The molecule has 0 fully saturated rings. The molecule has 3 heterocycles. The van der Waals surface area contributed by atoms with Crippen molar-refractivity contribution in [2.45, 2.75) is 0 Å². The zero-order chi connectivity index (χ0) is 29.5. The molecule has 0 saturated carbocycles. The second-order valence-corrected chi connectivity index (χ2v) is 12.8. The molecule has 0 N–H and O–H groups in total. The molecule has 3 heteroatoms. The highest BCUT2D eigenvalue weighted by molar-refractivity contribution is 7.25. The van der Waals surface area contributed by atoms with Crippen LogP contribution >= 0.6 is 11.3 Å². The van der Waals surface area contributed by atoms with E-state index in [0.717, 1.165) is 60.6 Å². The lowest BCUT2D eigenvalue weighted by Gasteiger charge is -2.06. The Bertz CT molecular complexity index is 2760. The highest BCUT2D eigenvalue weighted by Gasteiger charge is 2.15. The summed E-state index contributed by atoms with van der Waals surface area (Å²) in [6.45, 7) is 0. The summed E-state index contributed by atoms with van der Waals surface area (Å²) in [6, 6.07) is 51.9. The van der Waals surface area contributed by atoms with Gasteiger partial charge >= 0.3 is 0 Å². The van der Waals surface area contributed by atoms with Crippen LogP contribution in [0.25, 0.3) is 97.4 Å². The molecule has 2 nitrogen and oxygen atoms in total. The van der Waals surface area contributed by atoms with E-state index < -0.39 is 0 Å². The standard InChI is InChI=1S/C42H24O2S/c1-3-9-36-34(7-1)42-30(8-5-10-37(42)43-36)29-17-20-32-31-19-16-28(23-38(31)44-39(32)24-29)26-14-12-25(13-15-26)27-18-21-41-35(22-27)33-6-2-4-11-40(33)45-41/h1-24H. The third-order valence-electron chi connectivity index (χ3n) is 9.12. The van der Waals surface area contributed by atoms with Gasteiger partial charge in [-0.15, -0.1) is 11.3 Å². The Morgan fingerprint density at radius 2 is 0.911 bits per heavy atom. The maximum atomic E-state index is 6.50. The first-order valence-corrected chi connectivity index (χ1v) is 16.0. The topological polar surface area (TPSA) is 26.3 Å². The summed E-state index contributed by atoms with van der Waals surface area (Å²) >= 11 is 1.86. The molecule has 0 bridgehead atoms. The van der Waals surface area contributed by atoms with Crippen molar-refractivity contribution < 1.29 is 8.83 Å². The number of thiophene rings is 1. The lowest BCUT2D eigenvalue weighted by atomic mass is 9.97. The number of rotatable bonds is 3. The quantitative estimate of drug-likeness (QED) is 0.204. The summed E-state index contributed by atoms with van der Waals surface area (Å²) in [5, 5.41) is 7.16. The minimum absolute atomic E-state index is 0.885. The summed E-state index contributed by atoms with van der Waals surface area (Å²) in [4.78, 5) is 0. The fraction of sp³-hybridized carbons (Fsp3) is 0. The van der Waals surface area contributed by atoms with Crippen molar-refractivity contribution in [3.8, 4) is 33.4 Å². The second-order valence-electron chi connectivity index (χ2n) is 11.7. The Morgan fingerprint density at radius 3 is 1.73 bits per heavy atom. The lowest BCUT2D eigenvalue weighted by Crippen LogP contribution is -1.81. The van der Waals surface area contributed by atoms with Crippen LogP contribution in [0.15, 0.2) is 154 Å². The molecular weight excluding hydrogens is 569 g/mol. The third-order valence-corrected chi connectivity index (χ3v) is 10.3. The van der Waals surface area contributed by atoms with Crippen LogP contribution in [0.2, 0.25) is 0 Å². The normalized spacial score (nSPS) is 12.0. The van der Waals surface area contributed by atoms with Gasteiger partial charge in [0.1, 0.15) is 22.3 Å². The van der Waals surface area contributed by atoms with Gasteiger partial charge in [-0.3, -0.25) is 0 Å². The molecule has 7 aromatic carbocycles. The molecule has 0 radical (unpaired) electrons. The van der Waals surface area contributed by atoms with Crippen LogP contribution in [0.4, 0.5) is 0 Å². The predicted octanol–water partition coefficient (Wildman–Crippen LogP) is 12.9. The molecule has 0 aliphatic rings. The van der Waals surface area contributed by atoms with Gasteiger partial charge in [-0.05, 0) is 88.0 Å². The average molecular weight is 593 g/mol. The zero-order valence-electron chi connectivity index (χ0n) is 24.1. The van der Waals surface area contributed by atoms with E-state index >= 15 is 0 Å². The molecule has 0 saturated heterocycles. The Labute approximate surface area is 262 Å². The number of hydrogen-bond acceptors (Lipinski definition) is 3. The van der Waals surface area contributed by atoms with Crippen molar-refractivity contribution in [1.29, 1.82) is 0 Å². The Balaban J connectivity index is 1.02. The molecule has 0 amide bonds. The van der Waals surface area contributed by atoms with Gasteiger partial charge in [-0.1, -0.05) is 91.0 Å². The van der Waals surface area contributed by atoms with E-state index in [1.54, 1.807) is 0 Å². The van der Waals surface area contributed by atoms with Gasteiger partial charge in [0.05, 0.1) is 0 Å². The van der Waals surface area contributed by atoms with Gasteiger partial charge in [0.2, 0.25) is 0 Å². The molecule has 0 spiro atoms. The van der Waals surface area contributed by atoms with E-state index in [0.29, 0.717) is 0 Å². The van der Waals surface area contributed by atoms with E-state index in [4.69, 9.17) is 8.83 Å². The fourth-order valence-electron chi connectivity index (χ4n) is 6.90. The van der Waals surface area contributed by atoms with Crippen molar-refractivity contribution in [3.05, 3.63) is 146 Å². The van der Waals surface area contributed by atoms with Gasteiger partial charge < -0.3 is 8.83 Å². The van der Waals surface area contributed by atoms with Gasteiger partial charge in [0.25, 0.3) is 0 Å². The van der Waals surface area contributed by atoms with Crippen molar-refractivity contribution in [3.63, 3.8) is 0 Å². The summed E-state index contributed by atoms with van der Waals surface area (Å²) in [5.41, 5.74) is 10.6. The predicted molar refractivity (Wildman–Crippen MR) is 190 cm³/mol. The zero-order valence-corrected chi connectivity index (χ0v) is 24.9. The Hall–Kier alpha value is -5.64. The molecule has 3 aromatic heterocycles. The number of para-hydroxylation sites is 1. The number of hydrogen-bond donors (Lipinski definition) is 0. The van der Waals surface area contributed by atoms with Crippen LogP contribution in [0.3, 0.4) is 0 Å². The van der Waals surface area contributed by atoms with Crippen LogP contribution in [0, 0.1) is 0 Å². The van der Waals surface area contributed by atoms with Crippen molar-refractivity contribution in [2.75, 3.05) is 0 Å². The van der Waals surface area contributed by atoms with Crippen LogP contribution in [0.5, 0.6) is 0 Å². The smallest absolute Gasteiger partial charge is 0.136 e. The molecule has 0 aliphatic carbocycles. The van der Waals surface area contributed by atoms with E-state index in [2.05, 4.69) is 127 Å². The molecular formula is C42H24O2S. The number of benzene rings is 7. The van der Waals surface area contributed by atoms with Gasteiger partial charge in [0.15, 0.2) is 0 Å². The molecule has 0 aliphatic heterocycles. The van der Waals surface area contributed by atoms with E-state index in [9.17, 15) is 0 Å². The van der Waals surface area contributed by atoms with E-state index in [1.807, 2.05) is 29.5 Å². The summed E-state index contributed by atoms with van der Waals surface area (Å²) in [6.07, 6.45) is 0. The molecule has 0 atom stereocenters. The van der Waals surface area contributed by atoms with Gasteiger partial charge in [-0.2, -0.15) is 0 Å². The molecule has 10 rings (SSSR count). The minimum Gasteiger partial charge on any atom is -0.456 e. The minimum atomic E-state index is 0.885. The van der Waals surface area contributed by atoms with Crippen LogP contribution in [-0.4, -0.2) is 0 Å². The first-order valence-electron chi connectivity index (χ1n) is 15.2. The molecule has 210 valence electrons. The average Bonchev–Trinajstić information content (AvgIpc) is 3.78. The van der Waals surface area contributed by atoms with E-state index in [1.165, 1.54) is 36.9 Å². The van der Waals surface area contributed by atoms with Crippen molar-refractivity contribution >= 4 is 75.4 Å². The Morgan fingerprint density at radius 1 is 0.333 bits per heavy atom. The Kier molecular flexibility index (Phi) is 5.19. The lowest BCUT2D eigenvalue weighted by molar-refractivity contribution is 0.668. The van der Waals surface area contributed by atoms with Crippen molar-refractivity contribution in [2.24, 2.45) is 0 Å². The maximum absolute atomic E-state index is 6.50. The van der Waals surface area contributed by atoms with Crippen LogP contribution < -0.4 is 0 Å². The number of fused-ring (bicyclic) bond motifs is 9. The summed E-state index contributed by atoms with van der Waals surface area (Å²) < 4.78 is 15.3. The van der Waals surface area contributed by atoms with Gasteiger partial charge in [0, 0.05) is 41.7 Å². The highest BCUT2D eigenvalue weighted by atomic mass is 32.1. The summed E-state index contributed by atoms with van der Waals surface area (Å²) in [5.74, 6) is 0. The summed E-state index contributed by atoms with van der Waals surface area (Å²) in [7, 11) is 0.